The molecular weight excluding hydrogens is 604 g/mol. The Morgan fingerprint density at radius 1 is 1.07 bits per heavy atom. The molecule has 4 heterocycles. The van der Waals surface area contributed by atoms with Gasteiger partial charge in [0.2, 0.25) is 10.0 Å². The van der Waals surface area contributed by atoms with Gasteiger partial charge >= 0.3 is 0 Å². The molecule has 0 radical (unpaired) electrons. The van der Waals surface area contributed by atoms with Crippen LogP contribution in [0.1, 0.15) is 10.4 Å². The minimum Gasteiger partial charge on any atom is -0.488 e. The van der Waals surface area contributed by atoms with Crippen molar-refractivity contribution in [2.75, 3.05) is 31.3 Å². The van der Waals surface area contributed by atoms with Crippen LogP contribution in [0.5, 0.6) is 5.75 Å². The van der Waals surface area contributed by atoms with Gasteiger partial charge in [0.1, 0.15) is 35.3 Å². The number of sulfonamides is 1. The van der Waals surface area contributed by atoms with E-state index < -0.39 is 21.7 Å². The molecule has 0 fully saturated rings. The van der Waals surface area contributed by atoms with Crippen LogP contribution in [-0.4, -0.2) is 55.8 Å². The molecule has 3 aromatic carbocycles. The summed E-state index contributed by atoms with van der Waals surface area (Å²) < 4.78 is 69.2. The number of ether oxygens (including phenoxy) is 1. The second-order valence-corrected chi connectivity index (χ2v) is 12.6. The lowest BCUT2D eigenvalue weighted by Crippen LogP contribution is -2.25. The molecule has 0 atom stereocenters. The molecule has 1 amide bonds. The van der Waals surface area contributed by atoms with E-state index in [1.807, 2.05) is 10.6 Å². The number of amides is 1. The molecule has 0 unspecified atom stereocenters. The summed E-state index contributed by atoms with van der Waals surface area (Å²) in [5.74, 6) is -0.597. The highest BCUT2D eigenvalue weighted by molar-refractivity contribution is 7.92. The SMILES string of the molecule is CNC(=O)c1c(-c2ccc(F)cc2)oc2cc(N(C)S(C)(=O)=O)c(-c3ncc4c(n3)-c3cc5c(F)cccc5n3CCO4)cc12. The number of carbonyl (C=O) groups is 1. The predicted molar refractivity (Wildman–Crippen MR) is 166 cm³/mol. The highest BCUT2D eigenvalue weighted by Gasteiger charge is 2.28. The van der Waals surface area contributed by atoms with E-state index in [1.165, 1.54) is 56.7 Å². The Kier molecular flexibility index (Phi) is 6.58. The molecule has 3 aromatic heterocycles. The van der Waals surface area contributed by atoms with E-state index in [9.17, 15) is 22.0 Å². The van der Waals surface area contributed by atoms with Crippen molar-refractivity contribution >= 4 is 43.5 Å². The van der Waals surface area contributed by atoms with Crippen LogP contribution >= 0.6 is 0 Å². The van der Waals surface area contributed by atoms with E-state index >= 15 is 0 Å². The lowest BCUT2D eigenvalue weighted by molar-refractivity contribution is 0.0964. The van der Waals surface area contributed by atoms with Crippen molar-refractivity contribution in [1.82, 2.24) is 19.9 Å². The molecule has 13 heteroatoms. The Labute approximate surface area is 255 Å². The van der Waals surface area contributed by atoms with E-state index in [-0.39, 0.29) is 39.8 Å². The molecule has 0 spiro atoms. The number of hydrogen-bond acceptors (Lipinski definition) is 7. The van der Waals surface area contributed by atoms with E-state index in [0.29, 0.717) is 52.1 Å². The van der Waals surface area contributed by atoms with Crippen LogP contribution in [0.2, 0.25) is 0 Å². The fourth-order valence-electron chi connectivity index (χ4n) is 5.63. The van der Waals surface area contributed by atoms with Crippen molar-refractivity contribution < 1.29 is 31.1 Å². The standard InChI is InChI=1S/C32H25F2N5O5S/c1-35-32(40)28-21-13-20(24(38(2)45(3,41)42)15-26(21)44-30(28)17-7-9-18(33)10-8-17)31-36-16-27-29(37-31)25-14-19-22(34)5-4-6-23(19)39(25)11-12-43-27/h4-10,13-16H,11-12H2,1-3H3,(H,35,40). The Morgan fingerprint density at radius 3 is 2.58 bits per heavy atom. The number of aromatic nitrogens is 3. The van der Waals surface area contributed by atoms with Crippen LogP contribution in [0.3, 0.4) is 0 Å². The molecule has 0 bridgehead atoms. The highest BCUT2D eigenvalue weighted by atomic mass is 32.2. The number of benzene rings is 3. The molecule has 228 valence electrons. The summed E-state index contributed by atoms with van der Waals surface area (Å²) in [5, 5.41) is 3.41. The predicted octanol–water partition coefficient (Wildman–Crippen LogP) is 5.60. The number of nitrogens with one attached hydrogen (secondary N) is 1. The zero-order valence-corrected chi connectivity index (χ0v) is 25.1. The topological polar surface area (TPSA) is 120 Å². The Morgan fingerprint density at radius 2 is 1.84 bits per heavy atom. The van der Waals surface area contributed by atoms with Gasteiger partial charge in [0.25, 0.3) is 5.91 Å². The van der Waals surface area contributed by atoms with Crippen LogP contribution < -0.4 is 14.4 Å². The maximum Gasteiger partial charge on any atom is 0.255 e. The highest BCUT2D eigenvalue weighted by Crippen LogP contribution is 2.42. The van der Waals surface area contributed by atoms with Gasteiger partial charge in [-0.3, -0.25) is 9.10 Å². The number of furan rings is 1. The van der Waals surface area contributed by atoms with E-state index in [4.69, 9.17) is 14.1 Å². The number of fused-ring (bicyclic) bond motifs is 6. The molecule has 1 N–H and O–H groups in total. The Hall–Kier alpha value is -5.30. The van der Waals surface area contributed by atoms with E-state index in [1.54, 1.807) is 18.2 Å². The number of nitrogens with zero attached hydrogens (tertiary/aromatic N) is 4. The van der Waals surface area contributed by atoms with Crippen LogP contribution in [0.15, 0.2) is 71.3 Å². The molecule has 1 aliphatic rings. The molecular formula is C32H25F2N5O5S. The third kappa shape index (κ3) is 4.67. The van der Waals surface area contributed by atoms with Crippen molar-refractivity contribution in [2.45, 2.75) is 6.54 Å². The third-order valence-electron chi connectivity index (χ3n) is 7.91. The number of rotatable bonds is 5. The van der Waals surface area contributed by atoms with Crippen LogP contribution in [0, 0.1) is 11.6 Å². The van der Waals surface area contributed by atoms with Crippen molar-refractivity contribution in [3.05, 3.63) is 84.1 Å². The number of halogens is 2. The minimum absolute atomic E-state index is 0.135. The summed E-state index contributed by atoms with van der Waals surface area (Å²) >= 11 is 0. The normalized spacial score (nSPS) is 12.8. The zero-order valence-electron chi connectivity index (χ0n) is 24.3. The minimum atomic E-state index is -3.79. The van der Waals surface area contributed by atoms with Gasteiger partial charge in [0, 0.05) is 42.1 Å². The van der Waals surface area contributed by atoms with Gasteiger partial charge in [-0.25, -0.2) is 27.2 Å². The monoisotopic (exact) mass is 629 g/mol. The molecule has 0 aliphatic carbocycles. The quantitative estimate of drug-likeness (QED) is 0.264. The lowest BCUT2D eigenvalue weighted by Gasteiger charge is -2.20. The molecule has 0 saturated heterocycles. The van der Waals surface area contributed by atoms with Gasteiger partial charge in [-0.05, 0) is 48.5 Å². The summed E-state index contributed by atoms with van der Waals surface area (Å²) in [4.78, 5) is 22.6. The van der Waals surface area contributed by atoms with Gasteiger partial charge < -0.3 is 19.0 Å². The number of carbonyl (C=O) groups excluding carboxylic acids is 1. The maximum atomic E-state index is 14.8. The van der Waals surface area contributed by atoms with E-state index in [2.05, 4.69) is 10.3 Å². The van der Waals surface area contributed by atoms with Crippen LogP contribution in [-0.2, 0) is 16.6 Å². The first-order valence-electron chi connectivity index (χ1n) is 13.9. The van der Waals surface area contributed by atoms with Gasteiger partial charge in [-0.1, -0.05) is 6.07 Å². The summed E-state index contributed by atoms with van der Waals surface area (Å²) in [6.07, 6.45) is 2.55. The first kappa shape index (κ1) is 28.5. The first-order chi connectivity index (χ1) is 21.5. The molecule has 45 heavy (non-hydrogen) atoms. The molecule has 6 aromatic rings. The van der Waals surface area contributed by atoms with Crippen LogP contribution in [0.25, 0.3) is 56.0 Å². The molecule has 1 aliphatic heterocycles. The fourth-order valence-corrected chi connectivity index (χ4v) is 6.14. The average Bonchev–Trinajstić information content (AvgIpc) is 3.53. The smallest absolute Gasteiger partial charge is 0.255 e. The summed E-state index contributed by atoms with van der Waals surface area (Å²) in [5.41, 5.74) is 3.00. The first-order valence-corrected chi connectivity index (χ1v) is 15.7. The molecule has 7 rings (SSSR count). The van der Waals surface area contributed by atoms with Crippen molar-refractivity contribution in [1.29, 1.82) is 0 Å². The van der Waals surface area contributed by atoms with Crippen molar-refractivity contribution in [3.8, 4) is 39.8 Å². The van der Waals surface area contributed by atoms with Crippen molar-refractivity contribution in [2.24, 2.45) is 0 Å². The number of hydrogen-bond donors (Lipinski definition) is 1. The van der Waals surface area contributed by atoms with Crippen molar-refractivity contribution in [3.63, 3.8) is 0 Å². The zero-order chi connectivity index (χ0) is 31.6. The number of anilines is 1. The lowest BCUT2D eigenvalue weighted by atomic mass is 10.0. The second kappa shape index (κ2) is 10.4. The molecule has 0 saturated carbocycles. The summed E-state index contributed by atoms with van der Waals surface area (Å²) in [6, 6.07) is 15.1. The Bertz CT molecular complexity index is 2280. The summed E-state index contributed by atoms with van der Waals surface area (Å²) in [7, 11) is -0.928. The van der Waals surface area contributed by atoms with Gasteiger partial charge in [-0.15, -0.1) is 0 Å². The van der Waals surface area contributed by atoms with Gasteiger partial charge in [0.05, 0.1) is 41.5 Å². The Balaban J connectivity index is 1.51. The third-order valence-corrected chi connectivity index (χ3v) is 9.10. The average molecular weight is 630 g/mol. The summed E-state index contributed by atoms with van der Waals surface area (Å²) in [6.45, 7) is 0.742. The second-order valence-electron chi connectivity index (χ2n) is 10.6. The van der Waals surface area contributed by atoms with Gasteiger partial charge in [-0.2, -0.15) is 0 Å². The van der Waals surface area contributed by atoms with E-state index in [0.717, 1.165) is 10.6 Å². The van der Waals surface area contributed by atoms with Gasteiger partial charge in [0.15, 0.2) is 11.6 Å². The fraction of sp³-hybridized carbons (Fsp3) is 0.156. The molecule has 10 nitrogen and oxygen atoms in total. The largest absolute Gasteiger partial charge is 0.488 e. The maximum absolute atomic E-state index is 14.8. The van der Waals surface area contributed by atoms with Crippen LogP contribution in [0.4, 0.5) is 14.5 Å².